The summed E-state index contributed by atoms with van der Waals surface area (Å²) < 4.78 is 5.30. The Morgan fingerprint density at radius 2 is 2.22 bits per heavy atom. The van der Waals surface area contributed by atoms with E-state index in [0.717, 1.165) is 0 Å². The third-order valence-electron chi connectivity index (χ3n) is 3.39. The summed E-state index contributed by atoms with van der Waals surface area (Å²) >= 11 is 0. The van der Waals surface area contributed by atoms with Crippen LogP contribution < -0.4 is 11.1 Å². The highest BCUT2D eigenvalue weighted by Gasteiger charge is 2.39. The van der Waals surface area contributed by atoms with Crippen molar-refractivity contribution >= 4 is 11.6 Å². The van der Waals surface area contributed by atoms with Gasteiger partial charge in [0, 0.05) is 30.8 Å². The van der Waals surface area contributed by atoms with Crippen LogP contribution in [0.25, 0.3) is 0 Å². The topological polar surface area (TPSA) is 84.6 Å². The van der Waals surface area contributed by atoms with Gasteiger partial charge in [0.15, 0.2) is 0 Å². The summed E-state index contributed by atoms with van der Waals surface area (Å²) in [6.45, 7) is 2.52. The summed E-state index contributed by atoms with van der Waals surface area (Å²) in [6.07, 6.45) is 0.278. The van der Waals surface area contributed by atoms with E-state index in [1.807, 2.05) is 6.92 Å². The van der Waals surface area contributed by atoms with Crippen LogP contribution in [0.15, 0.2) is 24.3 Å². The molecule has 0 aliphatic carbocycles. The van der Waals surface area contributed by atoms with Gasteiger partial charge >= 0.3 is 0 Å². The molecule has 2 unspecified atom stereocenters. The molecule has 0 aromatic heterocycles. The van der Waals surface area contributed by atoms with Crippen molar-refractivity contribution in [1.82, 2.24) is 5.32 Å². The number of carbonyl (C=O) groups is 1. The van der Waals surface area contributed by atoms with Crippen molar-refractivity contribution in [2.24, 2.45) is 0 Å². The van der Waals surface area contributed by atoms with Crippen LogP contribution in [0.2, 0.25) is 0 Å². The Morgan fingerprint density at radius 1 is 1.56 bits per heavy atom. The van der Waals surface area contributed by atoms with Crippen molar-refractivity contribution in [3.8, 4) is 0 Å². The predicted octanol–water partition coefficient (Wildman–Crippen LogP) is 0.538. The van der Waals surface area contributed by atoms with Gasteiger partial charge in [-0.25, -0.2) is 0 Å². The number of nitrogens with two attached hydrogens (primary N) is 1. The molecule has 5 heteroatoms. The van der Waals surface area contributed by atoms with Crippen molar-refractivity contribution in [3.05, 3.63) is 29.8 Å². The quantitative estimate of drug-likeness (QED) is 0.683. The van der Waals surface area contributed by atoms with Gasteiger partial charge in [0.25, 0.3) is 5.91 Å². The van der Waals surface area contributed by atoms with Crippen LogP contribution in [0, 0.1) is 0 Å². The van der Waals surface area contributed by atoms with E-state index in [4.69, 9.17) is 10.5 Å². The summed E-state index contributed by atoms with van der Waals surface area (Å²) in [7, 11) is 0. The van der Waals surface area contributed by atoms with Crippen LogP contribution in [-0.4, -0.2) is 35.9 Å². The van der Waals surface area contributed by atoms with Crippen LogP contribution in [0.4, 0.5) is 5.69 Å². The lowest BCUT2D eigenvalue weighted by atomic mass is 9.96. The fourth-order valence-electron chi connectivity index (χ4n) is 1.97. The van der Waals surface area contributed by atoms with Crippen molar-refractivity contribution in [2.75, 3.05) is 18.9 Å². The molecule has 1 aliphatic heterocycles. The maximum absolute atomic E-state index is 11.9. The molecule has 2 rings (SSSR count). The third-order valence-corrected chi connectivity index (χ3v) is 3.39. The standard InChI is InChI=1S/C13H18N2O3/c1-9-13(17,6-7-18-9)8-15-12(16)10-2-4-11(14)5-3-10/h2-5,9,17H,6-8,14H2,1H3,(H,15,16). The molecule has 1 heterocycles. The Labute approximate surface area is 106 Å². The lowest BCUT2D eigenvalue weighted by molar-refractivity contribution is -0.0251. The average Bonchev–Trinajstić information content (AvgIpc) is 2.68. The highest BCUT2D eigenvalue weighted by atomic mass is 16.5. The second-order valence-corrected chi connectivity index (χ2v) is 4.67. The fraction of sp³-hybridized carbons (Fsp3) is 0.462. The minimum absolute atomic E-state index is 0.192. The number of nitrogens with one attached hydrogen (secondary N) is 1. The molecular formula is C13H18N2O3. The molecule has 1 fully saturated rings. The Hall–Kier alpha value is -1.59. The number of rotatable bonds is 3. The summed E-state index contributed by atoms with van der Waals surface area (Å²) in [5.74, 6) is -0.220. The Kier molecular flexibility index (Phi) is 3.54. The maximum atomic E-state index is 11.9. The molecule has 1 aromatic carbocycles. The van der Waals surface area contributed by atoms with Gasteiger partial charge in [0.2, 0.25) is 0 Å². The van der Waals surface area contributed by atoms with Crippen molar-refractivity contribution < 1.29 is 14.6 Å². The minimum atomic E-state index is -0.969. The molecule has 0 saturated carbocycles. The molecule has 5 nitrogen and oxygen atoms in total. The number of ether oxygens (including phenoxy) is 1. The molecular weight excluding hydrogens is 232 g/mol. The first-order valence-corrected chi connectivity index (χ1v) is 5.99. The molecule has 1 amide bonds. The molecule has 18 heavy (non-hydrogen) atoms. The molecule has 1 aliphatic rings. The molecule has 0 spiro atoms. The summed E-state index contributed by atoms with van der Waals surface area (Å²) in [5, 5.41) is 13.0. The van der Waals surface area contributed by atoms with Gasteiger partial charge in [0.05, 0.1) is 6.10 Å². The molecule has 98 valence electrons. The summed E-state index contributed by atoms with van der Waals surface area (Å²) in [6, 6.07) is 6.66. The van der Waals surface area contributed by atoms with Crippen molar-refractivity contribution in [3.63, 3.8) is 0 Å². The molecule has 1 saturated heterocycles. The molecule has 2 atom stereocenters. The Balaban J connectivity index is 1.94. The zero-order valence-electron chi connectivity index (χ0n) is 10.3. The van der Waals surface area contributed by atoms with E-state index in [1.165, 1.54) is 0 Å². The number of benzene rings is 1. The summed E-state index contributed by atoms with van der Waals surface area (Å²) in [5.41, 5.74) is 5.72. The Bertz CT molecular complexity index is 432. The lowest BCUT2D eigenvalue weighted by Gasteiger charge is -2.26. The minimum Gasteiger partial charge on any atom is -0.399 e. The number of anilines is 1. The van der Waals surface area contributed by atoms with E-state index in [9.17, 15) is 9.90 Å². The maximum Gasteiger partial charge on any atom is 0.251 e. The second-order valence-electron chi connectivity index (χ2n) is 4.67. The number of aliphatic hydroxyl groups is 1. The highest BCUT2D eigenvalue weighted by Crippen LogP contribution is 2.24. The van der Waals surface area contributed by atoms with Gasteiger partial charge in [0.1, 0.15) is 5.60 Å². The zero-order valence-corrected chi connectivity index (χ0v) is 10.3. The number of nitrogen functional groups attached to an aromatic ring is 1. The van der Waals surface area contributed by atoms with Crippen LogP contribution in [0.5, 0.6) is 0 Å². The third kappa shape index (κ3) is 2.63. The van der Waals surface area contributed by atoms with E-state index in [2.05, 4.69) is 5.32 Å². The van der Waals surface area contributed by atoms with E-state index in [1.54, 1.807) is 24.3 Å². The van der Waals surface area contributed by atoms with E-state index in [-0.39, 0.29) is 18.6 Å². The summed E-state index contributed by atoms with van der Waals surface area (Å²) in [4.78, 5) is 11.9. The smallest absolute Gasteiger partial charge is 0.251 e. The largest absolute Gasteiger partial charge is 0.399 e. The number of carbonyl (C=O) groups excluding carboxylic acids is 1. The van der Waals surface area contributed by atoms with Crippen LogP contribution in [-0.2, 0) is 4.74 Å². The zero-order chi connectivity index (χ0) is 13.2. The van der Waals surface area contributed by atoms with Crippen molar-refractivity contribution in [1.29, 1.82) is 0 Å². The number of hydrogen-bond donors (Lipinski definition) is 3. The van der Waals surface area contributed by atoms with Crippen molar-refractivity contribution in [2.45, 2.75) is 25.0 Å². The first-order valence-electron chi connectivity index (χ1n) is 5.99. The van der Waals surface area contributed by atoms with E-state index < -0.39 is 5.60 Å². The molecule has 1 aromatic rings. The molecule has 0 radical (unpaired) electrons. The van der Waals surface area contributed by atoms with Gasteiger partial charge in [-0.15, -0.1) is 0 Å². The van der Waals surface area contributed by atoms with Gasteiger partial charge in [-0.05, 0) is 31.2 Å². The Morgan fingerprint density at radius 3 is 2.78 bits per heavy atom. The predicted molar refractivity (Wildman–Crippen MR) is 68.2 cm³/mol. The first kappa shape index (κ1) is 12.9. The van der Waals surface area contributed by atoms with Gasteiger partial charge < -0.3 is 20.9 Å². The number of amides is 1. The highest BCUT2D eigenvalue weighted by molar-refractivity contribution is 5.94. The normalized spacial score (nSPS) is 27.1. The average molecular weight is 250 g/mol. The van der Waals surface area contributed by atoms with Gasteiger partial charge in [-0.3, -0.25) is 4.79 Å². The van der Waals surface area contributed by atoms with Crippen LogP contribution in [0.3, 0.4) is 0 Å². The van der Waals surface area contributed by atoms with Gasteiger partial charge in [-0.1, -0.05) is 0 Å². The lowest BCUT2D eigenvalue weighted by Crippen LogP contribution is -2.47. The SMILES string of the molecule is CC1OCCC1(O)CNC(=O)c1ccc(N)cc1. The van der Waals surface area contributed by atoms with E-state index >= 15 is 0 Å². The molecule has 0 bridgehead atoms. The first-order chi connectivity index (χ1) is 8.51. The second kappa shape index (κ2) is 4.96. The monoisotopic (exact) mass is 250 g/mol. The number of hydrogen-bond acceptors (Lipinski definition) is 4. The van der Waals surface area contributed by atoms with Gasteiger partial charge in [-0.2, -0.15) is 0 Å². The van der Waals surface area contributed by atoms with Crippen LogP contribution >= 0.6 is 0 Å². The molecule has 4 N–H and O–H groups in total. The van der Waals surface area contributed by atoms with E-state index in [0.29, 0.717) is 24.3 Å². The van der Waals surface area contributed by atoms with Crippen LogP contribution in [0.1, 0.15) is 23.7 Å². The fourth-order valence-corrected chi connectivity index (χ4v) is 1.97.